The Labute approximate surface area is 294 Å². The predicted molar refractivity (Wildman–Crippen MR) is 205 cm³/mol. The minimum atomic E-state index is -0.591. The summed E-state index contributed by atoms with van der Waals surface area (Å²) in [5.41, 5.74) is 0. The minimum Gasteiger partial charge on any atom is -0.462 e. The molecule has 0 aliphatic carbocycles. The predicted octanol–water partition coefficient (Wildman–Crippen LogP) is 12.0. The zero-order valence-electron chi connectivity index (χ0n) is 30.7. The van der Waals surface area contributed by atoms with Crippen LogP contribution in [0, 0.1) is 0 Å². The molecule has 0 bridgehead atoms. The molecule has 0 saturated heterocycles. The van der Waals surface area contributed by atoms with Gasteiger partial charge in [-0.25, -0.2) is 0 Å². The Morgan fingerprint density at radius 3 is 1.48 bits per heavy atom. The van der Waals surface area contributed by atoms with E-state index < -0.39 is 6.10 Å². The van der Waals surface area contributed by atoms with Crippen molar-refractivity contribution in [2.75, 3.05) is 19.8 Å². The Morgan fingerprint density at radius 2 is 0.958 bits per heavy atom. The van der Waals surface area contributed by atoms with Crippen LogP contribution in [-0.2, 0) is 23.8 Å². The molecule has 0 N–H and O–H groups in total. The molecule has 0 amide bonds. The largest absolute Gasteiger partial charge is 0.462 e. The summed E-state index contributed by atoms with van der Waals surface area (Å²) >= 11 is 0. The van der Waals surface area contributed by atoms with Crippen LogP contribution in [0.3, 0.4) is 0 Å². The quantitative estimate of drug-likeness (QED) is 0.0407. The van der Waals surface area contributed by atoms with Crippen molar-refractivity contribution >= 4 is 11.9 Å². The first-order valence-corrected chi connectivity index (χ1v) is 18.8. The van der Waals surface area contributed by atoms with Crippen molar-refractivity contribution in [3.8, 4) is 0 Å². The Balaban J connectivity index is 4.36. The molecule has 1 atom stereocenters. The molecule has 1 unspecified atom stereocenters. The lowest BCUT2D eigenvalue weighted by molar-refractivity contribution is -0.162. The lowest BCUT2D eigenvalue weighted by Gasteiger charge is -2.18. The van der Waals surface area contributed by atoms with Crippen LogP contribution in [0.1, 0.15) is 136 Å². The van der Waals surface area contributed by atoms with E-state index in [-0.39, 0.29) is 25.2 Å². The third-order valence-corrected chi connectivity index (χ3v) is 7.13. The summed E-state index contributed by atoms with van der Waals surface area (Å²) in [6, 6.07) is 0. The molecule has 0 heterocycles. The van der Waals surface area contributed by atoms with Crippen LogP contribution in [0.4, 0.5) is 0 Å². The first-order chi connectivity index (χ1) is 23.6. The standard InChI is InChI=1S/C43H68O5/c1-4-7-10-13-15-17-19-21-23-25-27-29-32-35-38-46-39-41(48-43(45)37-34-30-12-9-6-3)40-47-42(44)36-33-31-28-26-24-22-20-18-16-14-11-8-5-2/h7-8,10-11,15-18,21-24,27-29,31,41H,4-6,9,12-14,19-20,25-26,30,32-40H2,1-3H3/b10-7-,11-8-,17-15-,18-16-,23-21-,24-22-,29-27-,31-28-. The van der Waals surface area contributed by atoms with Crippen molar-refractivity contribution < 1.29 is 23.8 Å². The van der Waals surface area contributed by atoms with Gasteiger partial charge in [0.1, 0.15) is 6.61 Å². The number of carbonyl (C=O) groups is 2. The molecule has 0 rings (SSSR count). The van der Waals surface area contributed by atoms with Crippen LogP contribution in [0.15, 0.2) is 97.2 Å². The van der Waals surface area contributed by atoms with Crippen molar-refractivity contribution in [2.24, 2.45) is 0 Å². The normalized spacial score (nSPS) is 13.3. The van der Waals surface area contributed by atoms with Gasteiger partial charge in [0.2, 0.25) is 0 Å². The van der Waals surface area contributed by atoms with Gasteiger partial charge < -0.3 is 14.2 Å². The highest BCUT2D eigenvalue weighted by atomic mass is 16.6. The highest BCUT2D eigenvalue weighted by Crippen LogP contribution is 2.08. The molecule has 0 aromatic rings. The van der Waals surface area contributed by atoms with E-state index >= 15 is 0 Å². The van der Waals surface area contributed by atoms with Gasteiger partial charge in [0, 0.05) is 19.4 Å². The molecule has 48 heavy (non-hydrogen) atoms. The second-order valence-electron chi connectivity index (χ2n) is 11.7. The van der Waals surface area contributed by atoms with E-state index in [1.807, 2.05) is 6.08 Å². The summed E-state index contributed by atoms with van der Waals surface area (Å²) in [4.78, 5) is 24.8. The number of rotatable bonds is 32. The maximum Gasteiger partial charge on any atom is 0.306 e. The molecule has 0 aromatic heterocycles. The zero-order valence-corrected chi connectivity index (χ0v) is 30.7. The third-order valence-electron chi connectivity index (χ3n) is 7.13. The molecule has 5 nitrogen and oxygen atoms in total. The van der Waals surface area contributed by atoms with Gasteiger partial charge in [-0.1, -0.05) is 144 Å². The van der Waals surface area contributed by atoms with E-state index in [1.54, 1.807) is 0 Å². The first-order valence-electron chi connectivity index (χ1n) is 18.8. The van der Waals surface area contributed by atoms with Gasteiger partial charge >= 0.3 is 11.9 Å². The van der Waals surface area contributed by atoms with E-state index in [0.29, 0.717) is 25.9 Å². The van der Waals surface area contributed by atoms with E-state index in [9.17, 15) is 9.59 Å². The van der Waals surface area contributed by atoms with Gasteiger partial charge in [-0.2, -0.15) is 0 Å². The fourth-order valence-corrected chi connectivity index (χ4v) is 4.41. The molecule has 5 heteroatoms. The van der Waals surface area contributed by atoms with E-state index in [0.717, 1.165) is 83.5 Å². The number of allylic oxidation sites excluding steroid dienone is 16. The fourth-order valence-electron chi connectivity index (χ4n) is 4.41. The Kier molecular flexibility index (Phi) is 35.7. The molecular formula is C43H68O5. The smallest absolute Gasteiger partial charge is 0.306 e. The van der Waals surface area contributed by atoms with Crippen LogP contribution >= 0.6 is 0 Å². The average Bonchev–Trinajstić information content (AvgIpc) is 3.08. The van der Waals surface area contributed by atoms with Crippen molar-refractivity contribution in [1.82, 2.24) is 0 Å². The van der Waals surface area contributed by atoms with Crippen LogP contribution < -0.4 is 0 Å². The number of ether oxygens (including phenoxy) is 3. The van der Waals surface area contributed by atoms with Crippen LogP contribution in [0.5, 0.6) is 0 Å². The minimum absolute atomic E-state index is 0.0193. The van der Waals surface area contributed by atoms with Gasteiger partial charge in [-0.3, -0.25) is 9.59 Å². The van der Waals surface area contributed by atoms with Gasteiger partial charge in [-0.15, -0.1) is 0 Å². The SMILES string of the molecule is CC/C=C\C/C=C\C/C=C\C/C=C\CCCOCC(COC(=O)CC/C=C\C/C=C\C/C=C\C/C=C\CC)OC(=O)CCCCCCC. The summed E-state index contributed by atoms with van der Waals surface area (Å²) in [6.45, 7) is 7.26. The molecule has 0 aliphatic heterocycles. The van der Waals surface area contributed by atoms with Crippen molar-refractivity contribution in [3.63, 3.8) is 0 Å². The first kappa shape index (κ1) is 44.8. The van der Waals surface area contributed by atoms with Crippen molar-refractivity contribution in [2.45, 2.75) is 142 Å². The van der Waals surface area contributed by atoms with Gasteiger partial charge in [0.25, 0.3) is 0 Å². The summed E-state index contributed by atoms with van der Waals surface area (Å²) < 4.78 is 16.9. The van der Waals surface area contributed by atoms with E-state index in [4.69, 9.17) is 14.2 Å². The number of hydrogen-bond acceptors (Lipinski definition) is 5. The van der Waals surface area contributed by atoms with Crippen LogP contribution in [0.2, 0.25) is 0 Å². The number of esters is 2. The third kappa shape index (κ3) is 35.7. The lowest BCUT2D eigenvalue weighted by atomic mass is 10.1. The number of unbranched alkanes of at least 4 members (excludes halogenated alkanes) is 5. The molecule has 0 aromatic carbocycles. The summed E-state index contributed by atoms with van der Waals surface area (Å²) in [5.74, 6) is -0.548. The second-order valence-corrected chi connectivity index (χ2v) is 11.7. The zero-order chi connectivity index (χ0) is 35.0. The van der Waals surface area contributed by atoms with Gasteiger partial charge in [0.15, 0.2) is 6.10 Å². The fraction of sp³-hybridized carbons (Fsp3) is 0.581. The van der Waals surface area contributed by atoms with Crippen molar-refractivity contribution in [1.29, 1.82) is 0 Å². The Bertz CT molecular complexity index is 979. The van der Waals surface area contributed by atoms with E-state index in [1.165, 1.54) is 12.8 Å². The average molecular weight is 665 g/mol. The Morgan fingerprint density at radius 1 is 0.479 bits per heavy atom. The summed E-state index contributed by atoms with van der Waals surface area (Å²) in [7, 11) is 0. The van der Waals surface area contributed by atoms with Crippen LogP contribution in [0.25, 0.3) is 0 Å². The van der Waals surface area contributed by atoms with E-state index in [2.05, 4.69) is 112 Å². The maximum absolute atomic E-state index is 12.5. The molecule has 270 valence electrons. The molecule has 0 spiro atoms. The molecule has 0 saturated carbocycles. The topological polar surface area (TPSA) is 61.8 Å². The monoisotopic (exact) mass is 665 g/mol. The molecule has 0 radical (unpaired) electrons. The molecular weight excluding hydrogens is 596 g/mol. The summed E-state index contributed by atoms with van der Waals surface area (Å²) in [5, 5.41) is 0. The number of carbonyl (C=O) groups excluding carboxylic acids is 2. The Hall–Kier alpha value is -3.18. The van der Waals surface area contributed by atoms with Crippen LogP contribution in [-0.4, -0.2) is 37.9 Å². The summed E-state index contributed by atoms with van der Waals surface area (Å²) in [6.07, 6.45) is 50.2. The van der Waals surface area contributed by atoms with Gasteiger partial charge in [-0.05, 0) is 77.0 Å². The highest BCUT2D eigenvalue weighted by molar-refractivity contribution is 5.70. The highest BCUT2D eigenvalue weighted by Gasteiger charge is 2.17. The van der Waals surface area contributed by atoms with Crippen molar-refractivity contribution in [3.05, 3.63) is 97.2 Å². The molecule has 0 fully saturated rings. The second kappa shape index (κ2) is 38.3. The maximum atomic E-state index is 12.5. The molecule has 0 aliphatic rings. The van der Waals surface area contributed by atoms with Gasteiger partial charge in [0.05, 0.1) is 6.61 Å². The number of hydrogen-bond donors (Lipinski definition) is 0. The lowest BCUT2D eigenvalue weighted by Crippen LogP contribution is -2.30.